The number of hydrogen-bond donors (Lipinski definition) is 1. The van der Waals surface area contributed by atoms with E-state index in [1.807, 2.05) is 18.2 Å². The summed E-state index contributed by atoms with van der Waals surface area (Å²) in [6.07, 6.45) is -0.390. The largest absolute Gasteiger partial charge is 0.392 e. The second-order valence-electron chi connectivity index (χ2n) is 5.13. The summed E-state index contributed by atoms with van der Waals surface area (Å²) in [7, 11) is 0. The predicted molar refractivity (Wildman–Crippen MR) is 78.6 cm³/mol. The molecular weight excluding hydrogens is 253 g/mol. The molecule has 0 aliphatic heterocycles. The molecule has 0 aliphatic carbocycles. The Balaban J connectivity index is 2.05. The van der Waals surface area contributed by atoms with Crippen LogP contribution in [0.3, 0.4) is 0 Å². The number of aliphatic hydroxyl groups is 1. The van der Waals surface area contributed by atoms with Gasteiger partial charge in [0.25, 0.3) is 0 Å². The number of rotatable bonds is 6. The Hall–Kier alpha value is -1.71. The molecule has 2 nitrogen and oxygen atoms in total. The summed E-state index contributed by atoms with van der Waals surface area (Å²) in [4.78, 5) is 2.16. The zero-order chi connectivity index (χ0) is 14.4. The lowest BCUT2D eigenvalue weighted by Crippen LogP contribution is -2.30. The van der Waals surface area contributed by atoms with E-state index in [0.717, 1.165) is 12.1 Å². The van der Waals surface area contributed by atoms with Gasteiger partial charge in [-0.25, -0.2) is 4.39 Å². The molecule has 0 heterocycles. The van der Waals surface area contributed by atoms with Crippen molar-refractivity contribution in [2.24, 2.45) is 0 Å². The van der Waals surface area contributed by atoms with Gasteiger partial charge in [-0.3, -0.25) is 4.90 Å². The van der Waals surface area contributed by atoms with Crippen LogP contribution < -0.4 is 0 Å². The van der Waals surface area contributed by atoms with E-state index in [2.05, 4.69) is 17.0 Å². The summed E-state index contributed by atoms with van der Waals surface area (Å²) in [5, 5.41) is 9.62. The topological polar surface area (TPSA) is 23.5 Å². The molecule has 2 aromatic rings. The number of nitrogens with zero attached hydrogens (tertiary/aromatic N) is 1. The lowest BCUT2D eigenvalue weighted by molar-refractivity contribution is 0.118. The van der Waals surface area contributed by atoms with Crippen molar-refractivity contribution in [3.8, 4) is 0 Å². The third-order valence-corrected chi connectivity index (χ3v) is 3.09. The van der Waals surface area contributed by atoms with Crippen molar-refractivity contribution in [3.05, 3.63) is 71.5 Å². The van der Waals surface area contributed by atoms with E-state index >= 15 is 0 Å². The summed E-state index contributed by atoms with van der Waals surface area (Å²) in [6, 6.07) is 16.7. The second-order valence-corrected chi connectivity index (χ2v) is 5.13. The highest BCUT2D eigenvalue weighted by Gasteiger charge is 2.10. The van der Waals surface area contributed by atoms with Crippen LogP contribution in [0, 0.1) is 5.82 Å². The van der Waals surface area contributed by atoms with Crippen molar-refractivity contribution >= 4 is 0 Å². The fourth-order valence-corrected chi connectivity index (χ4v) is 2.25. The van der Waals surface area contributed by atoms with Crippen molar-refractivity contribution in [1.82, 2.24) is 4.90 Å². The van der Waals surface area contributed by atoms with E-state index in [4.69, 9.17) is 0 Å². The van der Waals surface area contributed by atoms with Crippen LogP contribution in [0.4, 0.5) is 4.39 Å². The lowest BCUT2D eigenvalue weighted by Gasteiger charge is -2.24. The average Bonchev–Trinajstić information content (AvgIpc) is 2.42. The Morgan fingerprint density at radius 2 is 1.50 bits per heavy atom. The van der Waals surface area contributed by atoms with Gasteiger partial charge in [0.2, 0.25) is 0 Å². The van der Waals surface area contributed by atoms with Gasteiger partial charge in [-0.2, -0.15) is 0 Å². The molecule has 0 aliphatic rings. The van der Waals surface area contributed by atoms with Crippen LogP contribution in [0.1, 0.15) is 18.1 Å². The number of aliphatic hydroxyl groups excluding tert-OH is 1. The predicted octanol–water partition coefficient (Wildman–Crippen LogP) is 3.21. The van der Waals surface area contributed by atoms with E-state index in [0.29, 0.717) is 13.1 Å². The van der Waals surface area contributed by atoms with Gasteiger partial charge in [0.1, 0.15) is 5.82 Å². The number of halogens is 1. The van der Waals surface area contributed by atoms with Crippen LogP contribution in [-0.4, -0.2) is 22.7 Å². The minimum absolute atomic E-state index is 0.223. The molecule has 0 saturated heterocycles. The van der Waals surface area contributed by atoms with Crippen LogP contribution in [0.2, 0.25) is 0 Å². The van der Waals surface area contributed by atoms with Crippen molar-refractivity contribution in [3.63, 3.8) is 0 Å². The van der Waals surface area contributed by atoms with Gasteiger partial charge in [-0.15, -0.1) is 0 Å². The van der Waals surface area contributed by atoms with E-state index in [1.54, 1.807) is 19.1 Å². The van der Waals surface area contributed by atoms with Crippen molar-refractivity contribution in [1.29, 1.82) is 0 Å². The maximum Gasteiger partial charge on any atom is 0.123 e. The van der Waals surface area contributed by atoms with Gasteiger partial charge in [0.15, 0.2) is 0 Å². The second kappa shape index (κ2) is 7.17. The summed E-state index contributed by atoms with van der Waals surface area (Å²) in [5.74, 6) is -0.223. The van der Waals surface area contributed by atoms with Crippen LogP contribution in [0.25, 0.3) is 0 Å². The molecule has 0 radical (unpaired) electrons. The first-order valence-corrected chi connectivity index (χ1v) is 6.82. The minimum atomic E-state index is -0.390. The van der Waals surface area contributed by atoms with Gasteiger partial charge < -0.3 is 5.11 Å². The first-order chi connectivity index (χ1) is 9.63. The zero-order valence-electron chi connectivity index (χ0n) is 11.7. The fourth-order valence-electron chi connectivity index (χ4n) is 2.25. The molecule has 20 heavy (non-hydrogen) atoms. The average molecular weight is 273 g/mol. The summed E-state index contributed by atoms with van der Waals surface area (Å²) < 4.78 is 12.9. The molecule has 1 N–H and O–H groups in total. The summed E-state index contributed by atoms with van der Waals surface area (Å²) in [6.45, 7) is 3.83. The highest BCUT2D eigenvalue weighted by molar-refractivity contribution is 5.17. The summed E-state index contributed by atoms with van der Waals surface area (Å²) in [5.41, 5.74) is 2.25. The molecule has 0 spiro atoms. The van der Waals surface area contributed by atoms with Gasteiger partial charge in [-0.05, 0) is 30.2 Å². The van der Waals surface area contributed by atoms with Crippen LogP contribution in [0.5, 0.6) is 0 Å². The zero-order valence-corrected chi connectivity index (χ0v) is 11.7. The SMILES string of the molecule is C[C@H](O)CN(Cc1ccccc1)Cc1ccc(F)cc1. The molecule has 0 fully saturated rings. The van der Waals surface area contributed by atoms with Crippen molar-refractivity contribution in [2.45, 2.75) is 26.1 Å². The summed E-state index contributed by atoms with van der Waals surface area (Å²) >= 11 is 0. The molecular formula is C17H20FNO. The van der Waals surface area contributed by atoms with E-state index in [-0.39, 0.29) is 11.9 Å². The van der Waals surface area contributed by atoms with Crippen LogP contribution in [0.15, 0.2) is 54.6 Å². The number of benzene rings is 2. The first kappa shape index (κ1) is 14.7. The highest BCUT2D eigenvalue weighted by Crippen LogP contribution is 2.11. The van der Waals surface area contributed by atoms with Crippen LogP contribution >= 0.6 is 0 Å². The molecule has 2 rings (SSSR count). The number of hydrogen-bond acceptors (Lipinski definition) is 2. The van der Waals surface area contributed by atoms with Gasteiger partial charge in [0.05, 0.1) is 6.10 Å². The van der Waals surface area contributed by atoms with E-state index < -0.39 is 0 Å². The smallest absolute Gasteiger partial charge is 0.123 e. The minimum Gasteiger partial charge on any atom is -0.392 e. The van der Waals surface area contributed by atoms with E-state index in [1.165, 1.54) is 17.7 Å². The van der Waals surface area contributed by atoms with Crippen LogP contribution in [-0.2, 0) is 13.1 Å². The third-order valence-electron chi connectivity index (χ3n) is 3.09. The molecule has 106 valence electrons. The molecule has 0 unspecified atom stereocenters. The molecule has 0 amide bonds. The van der Waals surface area contributed by atoms with Crippen molar-refractivity contribution in [2.75, 3.05) is 6.54 Å². The fraction of sp³-hybridized carbons (Fsp3) is 0.294. The standard InChI is InChI=1S/C17H20FNO/c1-14(20)11-19(12-15-5-3-2-4-6-15)13-16-7-9-17(18)10-8-16/h2-10,14,20H,11-13H2,1H3/t14-/m0/s1. The Morgan fingerprint density at radius 3 is 2.05 bits per heavy atom. The van der Waals surface area contributed by atoms with Gasteiger partial charge in [0, 0.05) is 19.6 Å². The molecule has 0 saturated carbocycles. The van der Waals surface area contributed by atoms with Gasteiger partial charge >= 0.3 is 0 Å². The maximum atomic E-state index is 12.9. The van der Waals surface area contributed by atoms with Gasteiger partial charge in [-0.1, -0.05) is 42.5 Å². The molecule has 0 bridgehead atoms. The highest BCUT2D eigenvalue weighted by atomic mass is 19.1. The normalized spacial score (nSPS) is 12.6. The molecule has 3 heteroatoms. The first-order valence-electron chi connectivity index (χ1n) is 6.82. The molecule has 0 aromatic heterocycles. The Kier molecular flexibility index (Phi) is 5.27. The molecule has 1 atom stereocenters. The maximum absolute atomic E-state index is 12.9. The van der Waals surface area contributed by atoms with E-state index in [9.17, 15) is 9.50 Å². The van der Waals surface area contributed by atoms with Crippen molar-refractivity contribution < 1.29 is 9.50 Å². The molecule has 2 aromatic carbocycles. The lowest BCUT2D eigenvalue weighted by atomic mass is 10.1. The monoisotopic (exact) mass is 273 g/mol. The third kappa shape index (κ3) is 4.76. The Bertz CT molecular complexity index is 510. The Labute approximate surface area is 119 Å². The quantitative estimate of drug-likeness (QED) is 0.873. The Morgan fingerprint density at radius 1 is 0.950 bits per heavy atom.